The number of carboxylic acid groups (broad SMARTS) is 1. The van der Waals surface area contributed by atoms with Crippen molar-refractivity contribution >= 4 is 5.97 Å². The number of aliphatic hydroxyl groups is 1. The molecule has 0 saturated carbocycles. The second-order valence-corrected chi connectivity index (χ2v) is 2.99. The van der Waals surface area contributed by atoms with E-state index in [-0.39, 0.29) is 11.5 Å². The smallest absolute Gasteiger partial charge is 0.330 e. The Morgan fingerprint density at radius 1 is 1.58 bits per heavy atom. The zero-order valence-electron chi connectivity index (χ0n) is 7.74. The van der Waals surface area contributed by atoms with E-state index >= 15 is 0 Å². The number of carbonyl (C=O) groups is 1. The summed E-state index contributed by atoms with van der Waals surface area (Å²) in [6.07, 6.45) is 1.78. The Bertz CT molecular complexity index is 184. The van der Waals surface area contributed by atoms with Crippen LogP contribution in [0.4, 0.5) is 0 Å². The lowest BCUT2D eigenvalue weighted by molar-refractivity contribution is -0.132. The maximum Gasteiger partial charge on any atom is 0.330 e. The first-order chi connectivity index (χ1) is 5.49. The van der Waals surface area contributed by atoms with Crippen molar-refractivity contribution in [2.75, 3.05) is 0 Å². The lowest BCUT2D eigenvalue weighted by Crippen LogP contribution is -2.15. The van der Waals surface area contributed by atoms with Gasteiger partial charge >= 0.3 is 5.97 Å². The number of aliphatic hydroxyl groups excluding tert-OH is 1. The van der Waals surface area contributed by atoms with Crippen LogP contribution in [0.25, 0.3) is 0 Å². The van der Waals surface area contributed by atoms with Gasteiger partial charge in [-0.2, -0.15) is 0 Å². The summed E-state index contributed by atoms with van der Waals surface area (Å²) in [5.74, 6) is -1.02. The number of hydrogen-bond donors (Lipinski definition) is 2. The molecular formula is C9H16O3. The molecule has 0 amide bonds. The minimum Gasteiger partial charge on any atom is -0.478 e. The Hall–Kier alpha value is -0.830. The van der Waals surface area contributed by atoms with Gasteiger partial charge in [0.25, 0.3) is 0 Å². The van der Waals surface area contributed by atoms with E-state index in [1.54, 1.807) is 13.0 Å². The van der Waals surface area contributed by atoms with Gasteiger partial charge in [0.05, 0.1) is 6.10 Å². The molecule has 0 aromatic rings. The molecule has 0 saturated heterocycles. The fraction of sp³-hybridized carbons (Fsp3) is 0.667. The first-order valence-corrected chi connectivity index (χ1v) is 4.08. The van der Waals surface area contributed by atoms with Crippen molar-refractivity contribution in [2.45, 2.75) is 33.3 Å². The summed E-state index contributed by atoms with van der Waals surface area (Å²) in [4.78, 5) is 10.4. The van der Waals surface area contributed by atoms with Gasteiger partial charge in [0.2, 0.25) is 0 Å². The van der Waals surface area contributed by atoms with Gasteiger partial charge in [-0.3, -0.25) is 0 Å². The molecule has 12 heavy (non-hydrogen) atoms. The maximum absolute atomic E-state index is 10.4. The topological polar surface area (TPSA) is 57.5 Å². The van der Waals surface area contributed by atoms with Crippen molar-refractivity contribution in [3.63, 3.8) is 0 Å². The summed E-state index contributed by atoms with van der Waals surface area (Å²) in [6, 6.07) is 0. The minimum absolute atomic E-state index is 0.0916. The summed E-state index contributed by atoms with van der Waals surface area (Å²) in [5, 5.41) is 17.9. The molecule has 0 aliphatic carbocycles. The zero-order valence-corrected chi connectivity index (χ0v) is 7.74. The highest BCUT2D eigenvalue weighted by atomic mass is 16.4. The normalized spacial score (nSPS) is 17.2. The van der Waals surface area contributed by atoms with Crippen LogP contribution < -0.4 is 0 Å². The Kier molecular flexibility index (Phi) is 4.59. The molecule has 70 valence electrons. The van der Waals surface area contributed by atoms with E-state index in [4.69, 9.17) is 5.11 Å². The van der Waals surface area contributed by atoms with Gasteiger partial charge in [-0.25, -0.2) is 4.79 Å². The molecule has 0 heterocycles. The van der Waals surface area contributed by atoms with Gasteiger partial charge in [0.15, 0.2) is 0 Å². The predicted molar refractivity (Wildman–Crippen MR) is 46.9 cm³/mol. The highest BCUT2D eigenvalue weighted by Gasteiger charge is 2.10. The van der Waals surface area contributed by atoms with Crippen LogP contribution in [0, 0.1) is 5.92 Å². The SMILES string of the molecule is CCC(O)C(C)/C=C(\C)C(=O)O. The standard InChI is InChI=1S/C9H16O3/c1-4-8(10)6(2)5-7(3)9(11)12/h5-6,8,10H,4H2,1-3H3,(H,11,12)/b7-5+. The van der Waals surface area contributed by atoms with Gasteiger partial charge in [-0.1, -0.05) is 19.9 Å². The van der Waals surface area contributed by atoms with Crippen LogP contribution in [-0.4, -0.2) is 22.3 Å². The Labute approximate surface area is 72.7 Å². The van der Waals surface area contributed by atoms with Crippen molar-refractivity contribution < 1.29 is 15.0 Å². The summed E-state index contributed by atoms with van der Waals surface area (Å²) in [5.41, 5.74) is 0.287. The third-order valence-electron chi connectivity index (χ3n) is 1.88. The highest BCUT2D eigenvalue weighted by Crippen LogP contribution is 2.10. The van der Waals surface area contributed by atoms with E-state index in [0.717, 1.165) is 0 Å². The maximum atomic E-state index is 10.4. The van der Waals surface area contributed by atoms with Gasteiger partial charge in [0, 0.05) is 11.5 Å². The molecule has 0 aliphatic heterocycles. The van der Waals surface area contributed by atoms with Gasteiger partial charge < -0.3 is 10.2 Å². The number of rotatable bonds is 4. The van der Waals surface area contributed by atoms with Crippen LogP contribution in [0.15, 0.2) is 11.6 Å². The van der Waals surface area contributed by atoms with E-state index < -0.39 is 12.1 Å². The van der Waals surface area contributed by atoms with E-state index in [1.165, 1.54) is 6.92 Å². The lowest BCUT2D eigenvalue weighted by Gasteiger charge is -2.13. The van der Waals surface area contributed by atoms with Crippen molar-refractivity contribution in [3.8, 4) is 0 Å². The van der Waals surface area contributed by atoms with E-state index in [2.05, 4.69) is 0 Å². The molecule has 2 atom stereocenters. The van der Waals surface area contributed by atoms with Crippen LogP contribution >= 0.6 is 0 Å². The third-order valence-corrected chi connectivity index (χ3v) is 1.88. The van der Waals surface area contributed by atoms with Crippen molar-refractivity contribution in [1.29, 1.82) is 0 Å². The second kappa shape index (κ2) is 4.93. The van der Waals surface area contributed by atoms with Gasteiger partial charge in [0.1, 0.15) is 0 Å². The highest BCUT2D eigenvalue weighted by molar-refractivity contribution is 5.85. The molecule has 0 bridgehead atoms. The zero-order chi connectivity index (χ0) is 9.72. The third kappa shape index (κ3) is 3.53. The molecular weight excluding hydrogens is 156 g/mol. The minimum atomic E-state index is -0.926. The average Bonchev–Trinajstić information content (AvgIpc) is 2.02. The molecule has 0 aliphatic rings. The van der Waals surface area contributed by atoms with E-state index in [1.807, 2.05) is 6.92 Å². The van der Waals surface area contributed by atoms with E-state index in [9.17, 15) is 9.90 Å². The number of carboxylic acids is 1. The van der Waals surface area contributed by atoms with E-state index in [0.29, 0.717) is 6.42 Å². The largest absolute Gasteiger partial charge is 0.478 e. The molecule has 0 aromatic carbocycles. The van der Waals surface area contributed by atoms with Crippen LogP contribution in [0.2, 0.25) is 0 Å². The van der Waals surface area contributed by atoms with Crippen LogP contribution in [0.1, 0.15) is 27.2 Å². The first-order valence-electron chi connectivity index (χ1n) is 4.08. The van der Waals surface area contributed by atoms with Crippen LogP contribution in [0.3, 0.4) is 0 Å². The molecule has 0 rings (SSSR count). The molecule has 0 fully saturated rings. The van der Waals surface area contributed by atoms with Gasteiger partial charge in [-0.15, -0.1) is 0 Å². The van der Waals surface area contributed by atoms with Gasteiger partial charge in [-0.05, 0) is 13.3 Å². The summed E-state index contributed by atoms with van der Waals surface area (Å²) in [7, 11) is 0. The Morgan fingerprint density at radius 2 is 2.08 bits per heavy atom. The second-order valence-electron chi connectivity index (χ2n) is 2.99. The Balaban J connectivity index is 4.22. The number of aliphatic carboxylic acids is 1. The first kappa shape index (κ1) is 11.2. The fourth-order valence-corrected chi connectivity index (χ4v) is 0.948. The predicted octanol–water partition coefficient (Wildman–Crippen LogP) is 1.42. The summed E-state index contributed by atoms with van der Waals surface area (Å²) >= 11 is 0. The molecule has 0 radical (unpaired) electrons. The summed E-state index contributed by atoms with van der Waals surface area (Å²) < 4.78 is 0. The molecule has 3 nitrogen and oxygen atoms in total. The molecule has 3 heteroatoms. The fourth-order valence-electron chi connectivity index (χ4n) is 0.948. The van der Waals surface area contributed by atoms with Crippen molar-refractivity contribution in [1.82, 2.24) is 0 Å². The van der Waals surface area contributed by atoms with Crippen LogP contribution in [-0.2, 0) is 4.79 Å². The average molecular weight is 172 g/mol. The van der Waals surface area contributed by atoms with Crippen LogP contribution in [0.5, 0.6) is 0 Å². The molecule has 0 spiro atoms. The quantitative estimate of drug-likeness (QED) is 0.630. The monoisotopic (exact) mass is 172 g/mol. The van der Waals surface area contributed by atoms with Crippen molar-refractivity contribution in [2.24, 2.45) is 5.92 Å². The molecule has 2 unspecified atom stereocenters. The van der Waals surface area contributed by atoms with Crippen molar-refractivity contribution in [3.05, 3.63) is 11.6 Å². The molecule has 2 N–H and O–H groups in total. The number of hydrogen-bond acceptors (Lipinski definition) is 2. The summed E-state index contributed by atoms with van der Waals surface area (Å²) in [6.45, 7) is 5.20. The Morgan fingerprint density at radius 3 is 2.42 bits per heavy atom. The molecule has 0 aromatic heterocycles. The lowest BCUT2D eigenvalue weighted by atomic mass is 10.00.